The van der Waals surface area contributed by atoms with Crippen molar-refractivity contribution in [2.45, 2.75) is 5.54 Å². The van der Waals surface area contributed by atoms with E-state index in [2.05, 4.69) is 0 Å². The molecule has 0 unspecified atom stereocenters. The van der Waals surface area contributed by atoms with Crippen molar-refractivity contribution in [3.8, 4) is 0 Å². The molecule has 0 saturated carbocycles. The molecule has 74 valence electrons. The highest BCUT2D eigenvalue weighted by molar-refractivity contribution is 6.21. The fraction of sp³-hybridized carbons (Fsp3) is 0.400. The number of aliphatic hydroxyl groups is 1. The summed E-state index contributed by atoms with van der Waals surface area (Å²) in [6, 6.07) is 0. The largest absolute Gasteiger partial charge is 0.479 e. The average Bonchev–Trinajstić information content (AvgIpc) is 1.97. The second-order valence-corrected chi connectivity index (χ2v) is 2.00. The molecule has 5 N–H and O–H groups in total. The van der Waals surface area contributed by atoms with Gasteiger partial charge in [-0.15, -0.1) is 0 Å². The first-order valence-electron chi connectivity index (χ1n) is 2.95. The van der Waals surface area contributed by atoms with Gasteiger partial charge in [-0.3, -0.25) is 5.32 Å². The Hall–Kier alpha value is -1.67. The zero-order valence-corrected chi connectivity index (χ0v) is 6.22. The van der Waals surface area contributed by atoms with E-state index >= 15 is 0 Å². The lowest BCUT2D eigenvalue weighted by Gasteiger charge is -2.19. The third kappa shape index (κ3) is 1.73. The maximum Gasteiger partial charge on any atom is 0.347 e. The Kier molecular flexibility index (Phi) is 3.33. The van der Waals surface area contributed by atoms with Crippen LogP contribution in [0.2, 0.25) is 0 Å². The van der Waals surface area contributed by atoms with E-state index in [4.69, 9.17) is 20.4 Å². The highest BCUT2D eigenvalue weighted by Crippen LogP contribution is 2.05. The van der Waals surface area contributed by atoms with Gasteiger partial charge >= 0.3 is 23.4 Å². The summed E-state index contributed by atoms with van der Waals surface area (Å²) < 4.78 is 0. The van der Waals surface area contributed by atoms with Gasteiger partial charge in [0.2, 0.25) is 0 Å². The third-order valence-electron chi connectivity index (χ3n) is 1.31. The molecule has 0 aromatic carbocycles. The predicted molar refractivity (Wildman–Crippen MR) is 35.9 cm³/mol. The Bertz CT molecular complexity index is 211. The molecule has 0 saturated heterocycles. The molecular weight excluding hydrogens is 186 g/mol. The van der Waals surface area contributed by atoms with Crippen LogP contribution in [0.4, 0.5) is 0 Å². The van der Waals surface area contributed by atoms with Crippen LogP contribution in [0.3, 0.4) is 0 Å². The van der Waals surface area contributed by atoms with E-state index in [1.54, 1.807) is 0 Å². The van der Waals surface area contributed by atoms with Gasteiger partial charge < -0.3 is 20.4 Å². The minimum absolute atomic E-state index is 1.08. The first-order valence-corrected chi connectivity index (χ1v) is 2.95. The molecule has 0 atom stereocenters. The van der Waals surface area contributed by atoms with Gasteiger partial charge in [-0.2, -0.15) is 0 Å². The molecule has 13 heavy (non-hydrogen) atoms. The summed E-state index contributed by atoms with van der Waals surface area (Å²) >= 11 is 0. The fourth-order valence-corrected chi connectivity index (χ4v) is 0.620. The van der Waals surface area contributed by atoms with Crippen LogP contribution in [0.15, 0.2) is 0 Å². The van der Waals surface area contributed by atoms with Gasteiger partial charge in [0, 0.05) is 0 Å². The van der Waals surface area contributed by atoms with E-state index in [-0.39, 0.29) is 0 Å². The molecule has 0 aliphatic heterocycles. The Balaban J connectivity index is 5.18. The molecule has 0 aromatic heterocycles. The van der Waals surface area contributed by atoms with Crippen LogP contribution in [0.5, 0.6) is 0 Å². The van der Waals surface area contributed by atoms with Crippen LogP contribution in [0, 0.1) is 0 Å². The summed E-state index contributed by atoms with van der Waals surface area (Å²) in [6.45, 7) is -1.08. The molecule has 0 amide bonds. The number of carboxylic acid groups (broad SMARTS) is 3. The van der Waals surface area contributed by atoms with Gasteiger partial charge in [0.25, 0.3) is 0 Å². The summed E-state index contributed by atoms with van der Waals surface area (Å²) in [6.07, 6.45) is 0. The van der Waals surface area contributed by atoms with Crippen molar-refractivity contribution in [1.29, 1.82) is 0 Å². The van der Waals surface area contributed by atoms with Crippen molar-refractivity contribution in [1.82, 2.24) is 5.32 Å². The maximum absolute atomic E-state index is 10.4. The van der Waals surface area contributed by atoms with Gasteiger partial charge in [-0.25, -0.2) is 14.4 Å². The van der Waals surface area contributed by atoms with Gasteiger partial charge in [0.15, 0.2) is 0 Å². The number of aliphatic carboxylic acids is 3. The first kappa shape index (κ1) is 11.3. The Labute approximate surface area is 71.4 Å². The van der Waals surface area contributed by atoms with Crippen molar-refractivity contribution in [2.75, 3.05) is 6.73 Å². The highest BCUT2D eigenvalue weighted by Gasteiger charge is 2.54. The van der Waals surface area contributed by atoms with Crippen LogP contribution in [-0.4, -0.2) is 50.6 Å². The molecule has 8 nitrogen and oxygen atoms in total. The van der Waals surface area contributed by atoms with Crippen LogP contribution in [0.1, 0.15) is 0 Å². The molecule has 8 heteroatoms. The zero-order chi connectivity index (χ0) is 10.6. The first-order chi connectivity index (χ1) is 5.89. The summed E-state index contributed by atoms with van der Waals surface area (Å²) in [4.78, 5) is 31.1. The van der Waals surface area contributed by atoms with E-state index in [9.17, 15) is 14.4 Å². The lowest BCUT2D eigenvalue weighted by Crippen LogP contribution is -2.64. The lowest BCUT2D eigenvalue weighted by molar-refractivity contribution is -0.170. The standard InChI is InChI=1S/C5H7NO7/c7-1-6-5(2(8)9,3(10)11)4(12)13/h6-7H,1H2,(H,8,9)(H,10,11)(H,12,13). The molecule has 0 aliphatic rings. The van der Waals surface area contributed by atoms with Crippen molar-refractivity contribution in [3.05, 3.63) is 0 Å². The number of hydrogen-bond acceptors (Lipinski definition) is 5. The van der Waals surface area contributed by atoms with E-state index in [1.165, 1.54) is 5.32 Å². The Morgan fingerprint density at radius 2 is 1.31 bits per heavy atom. The predicted octanol–water partition coefficient (Wildman–Crippen LogP) is -2.48. The zero-order valence-electron chi connectivity index (χ0n) is 6.22. The third-order valence-corrected chi connectivity index (χ3v) is 1.31. The van der Waals surface area contributed by atoms with Crippen LogP contribution in [-0.2, 0) is 14.4 Å². The minimum atomic E-state index is -3.20. The number of hydrogen-bond donors (Lipinski definition) is 5. The van der Waals surface area contributed by atoms with E-state index in [0.29, 0.717) is 0 Å². The quantitative estimate of drug-likeness (QED) is 0.238. The number of carboxylic acids is 3. The van der Waals surface area contributed by atoms with E-state index in [0.717, 1.165) is 0 Å². The smallest absolute Gasteiger partial charge is 0.347 e. The van der Waals surface area contributed by atoms with Crippen molar-refractivity contribution in [2.24, 2.45) is 0 Å². The van der Waals surface area contributed by atoms with Gasteiger partial charge in [0.05, 0.1) is 6.73 Å². The molecule has 0 rings (SSSR count). The molecule has 0 aliphatic carbocycles. The maximum atomic E-state index is 10.4. The molecule has 0 bridgehead atoms. The van der Waals surface area contributed by atoms with E-state index in [1.807, 2.05) is 0 Å². The number of nitrogens with one attached hydrogen (secondary N) is 1. The average molecular weight is 193 g/mol. The molecular formula is C5H7NO7. The minimum Gasteiger partial charge on any atom is -0.479 e. The summed E-state index contributed by atoms with van der Waals surface area (Å²) in [5.41, 5.74) is -3.20. The SMILES string of the molecule is O=C(O)C(NCO)(C(=O)O)C(=O)O. The van der Waals surface area contributed by atoms with Gasteiger partial charge in [-0.05, 0) is 0 Å². The number of rotatable bonds is 5. The van der Waals surface area contributed by atoms with Crippen LogP contribution in [0.25, 0.3) is 0 Å². The van der Waals surface area contributed by atoms with Crippen LogP contribution >= 0.6 is 0 Å². The number of carbonyl (C=O) groups is 3. The lowest BCUT2D eigenvalue weighted by atomic mass is 10.0. The fourth-order valence-electron chi connectivity index (χ4n) is 0.620. The second-order valence-electron chi connectivity index (χ2n) is 2.00. The van der Waals surface area contributed by atoms with Gasteiger partial charge in [-0.1, -0.05) is 0 Å². The molecule has 0 aromatic rings. The molecule has 0 fully saturated rings. The van der Waals surface area contributed by atoms with E-state index < -0.39 is 30.2 Å². The summed E-state index contributed by atoms with van der Waals surface area (Å²) in [5.74, 6) is -6.33. The normalized spacial score (nSPS) is 10.8. The highest BCUT2D eigenvalue weighted by atomic mass is 16.4. The second kappa shape index (κ2) is 3.83. The van der Waals surface area contributed by atoms with Gasteiger partial charge in [0.1, 0.15) is 0 Å². The molecule has 0 spiro atoms. The van der Waals surface area contributed by atoms with Crippen molar-refractivity contribution < 1.29 is 34.8 Å². The topological polar surface area (TPSA) is 144 Å². The van der Waals surface area contributed by atoms with Crippen LogP contribution < -0.4 is 5.32 Å². The monoisotopic (exact) mass is 193 g/mol. The van der Waals surface area contributed by atoms with Crippen molar-refractivity contribution >= 4 is 17.9 Å². The molecule has 0 heterocycles. The van der Waals surface area contributed by atoms with Crippen molar-refractivity contribution in [3.63, 3.8) is 0 Å². The Morgan fingerprint density at radius 1 is 1.00 bits per heavy atom. The summed E-state index contributed by atoms with van der Waals surface area (Å²) in [7, 11) is 0. The molecule has 0 radical (unpaired) electrons. The summed E-state index contributed by atoms with van der Waals surface area (Å²) in [5, 5.41) is 34.8. The Morgan fingerprint density at radius 3 is 1.38 bits per heavy atom. The number of aliphatic hydroxyl groups excluding tert-OH is 1.